The van der Waals surface area contributed by atoms with E-state index in [4.69, 9.17) is 0 Å². The van der Waals surface area contributed by atoms with Gasteiger partial charge >= 0.3 is 0 Å². The third-order valence-corrected chi connectivity index (χ3v) is 3.70. The van der Waals surface area contributed by atoms with Gasteiger partial charge in [0.2, 0.25) is 0 Å². The number of nitrogens with one attached hydrogen (secondary N) is 1. The van der Waals surface area contributed by atoms with Crippen LogP contribution in [0, 0.1) is 0 Å². The van der Waals surface area contributed by atoms with E-state index >= 15 is 0 Å². The van der Waals surface area contributed by atoms with Gasteiger partial charge in [-0.25, -0.2) is 4.98 Å². The number of aryl methyl sites for hydroxylation is 1. The van der Waals surface area contributed by atoms with Gasteiger partial charge in [-0.05, 0) is 44.7 Å². The highest BCUT2D eigenvalue weighted by Crippen LogP contribution is 2.29. The fourth-order valence-electron chi connectivity index (χ4n) is 2.61. The maximum atomic E-state index is 12.8. The molecular formula is C17H27N3O. The molecule has 1 aliphatic rings. The maximum absolute atomic E-state index is 12.8. The molecule has 0 saturated heterocycles. The van der Waals surface area contributed by atoms with Crippen molar-refractivity contribution in [2.45, 2.75) is 58.9 Å². The first-order valence-corrected chi connectivity index (χ1v) is 8.25. The van der Waals surface area contributed by atoms with E-state index in [1.54, 1.807) is 0 Å². The Morgan fingerprint density at radius 3 is 2.62 bits per heavy atom. The van der Waals surface area contributed by atoms with Crippen molar-refractivity contribution in [3.8, 4) is 0 Å². The number of rotatable bonds is 8. The van der Waals surface area contributed by atoms with Crippen LogP contribution in [-0.4, -0.2) is 34.9 Å². The molecule has 4 heteroatoms. The van der Waals surface area contributed by atoms with Crippen LogP contribution in [0.4, 0.5) is 5.82 Å². The van der Waals surface area contributed by atoms with Gasteiger partial charge < -0.3 is 10.2 Å². The number of carbonyl (C=O) groups excluding carboxylic acids is 1. The van der Waals surface area contributed by atoms with Gasteiger partial charge in [0.15, 0.2) is 0 Å². The van der Waals surface area contributed by atoms with Crippen LogP contribution in [0.2, 0.25) is 0 Å². The van der Waals surface area contributed by atoms with E-state index in [2.05, 4.69) is 24.1 Å². The van der Waals surface area contributed by atoms with E-state index in [0.717, 1.165) is 62.3 Å². The van der Waals surface area contributed by atoms with Gasteiger partial charge in [0, 0.05) is 30.4 Å². The molecule has 0 unspecified atom stereocenters. The van der Waals surface area contributed by atoms with Crippen LogP contribution >= 0.6 is 0 Å². The van der Waals surface area contributed by atoms with Gasteiger partial charge in [-0.2, -0.15) is 0 Å². The lowest BCUT2D eigenvalue weighted by Crippen LogP contribution is -2.34. The van der Waals surface area contributed by atoms with Crippen molar-refractivity contribution < 1.29 is 4.79 Å². The van der Waals surface area contributed by atoms with Crippen LogP contribution in [0.5, 0.6) is 0 Å². The Morgan fingerprint density at radius 1 is 1.29 bits per heavy atom. The van der Waals surface area contributed by atoms with Gasteiger partial charge in [0.1, 0.15) is 5.82 Å². The first kappa shape index (κ1) is 15.8. The predicted molar refractivity (Wildman–Crippen MR) is 86.7 cm³/mol. The molecule has 0 atom stereocenters. The second-order valence-corrected chi connectivity index (χ2v) is 5.74. The monoisotopic (exact) mass is 289 g/mol. The third-order valence-electron chi connectivity index (χ3n) is 3.70. The molecular weight excluding hydrogens is 262 g/mol. The summed E-state index contributed by atoms with van der Waals surface area (Å²) in [5.74, 6) is 0.984. The molecule has 1 aromatic rings. The molecule has 1 fully saturated rings. The van der Waals surface area contributed by atoms with E-state index in [1.807, 2.05) is 24.0 Å². The van der Waals surface area contributed by atoms with Crippen molar-refractivity contribution in [1.82, 2.24) is 9.88 Å². The molecule has 1 heterocycles. The fraction of sp³-hybridized carbons (Fsp3) is 0.647. The molecule has 1 amide bonds. The second kappa shape index (κ2) is 7.43. The highest BCUT2D eigenvalue weighted by Gasteiger charge is 2.32. The quantitative estimate of drug-likeness (QED) is 0.797. The molecule has 4 nitrogen and oxygen atoms in total. The maximum Gasteiger partial charge on any atom is 0.254 e. The number of hydrogen-bond donors (Lipinski definition) is 1. The lowest BCUT2D eigenvalue weighted by Gasteiger charge is -2.22. The summed E-state index contributed by atoms with van der Waals surface area (Å²) in [5.41, 5.74) is 1.79. The van der Waals surface area contributed by atoms with Crippen molar-refractivity contribution in [2.75, 3.05) is 18.4 Å². The number of nitrogens with zero attached hydrogens (tertiary/aromatic N) is 2. The second-order valence-electron chi connectivity index (χ2n) is 5.74. The van der Waals surface area contributed by atoms with Crippen molar-refractivity contribution in [2.24, 2.45) is 0 Å². The summed E-state index contributed by atoms with van der Waals surface area (Å²) in [7, 11) is 0. The summed E-state index contributed by atoms with van der Waals surface area (Å²) >= 11 is 0. The summed E-state index contributed by atoms with van der Waals surface area (Å²) in [6.45, 7) is 7.98. The van der Waals surface area contributed by atoms with E-state index in [1.165, 1.54) is 0 Å². The minimum Gasteiger partial charge on any atom is -0.370 e. The lowest BCUT2D eigenvalue weighted by atomic mass is 10.1. The molecule has 0 spiro atoms. The minimum absolute atomic E-state index is 0.165. The average molecular weight is 289 g/mol. The first-order chi connectivity index (χ1) is 10.2. The summed E-state index contributed by atoms with van der Waals surface area (Å²) in [5, 5.41) is 3.24. The molecule has 0 aliphatic heterocycles. The number of carbonyl (C=O) groups is 1. The topological polar surface area (TPSA) is 45.2 Å². The average Bonchev–Trinajstić information content (AvgIpc) is 3.29. The molecule has 0 radical (unpaired) electrons. The molecule has 116 valence electrons. The summed E-state index contributed by atoms with van der Waals surface area (Å²) in [6.07, 6.45) is 5.26. The molecule has 1 N–H and O–H groups in total. The molecule has 21 heavy (non-hydrogen) atoms. The first-order valence-electron chi connectivity index (χ1n) is 8.25. The van der Waals surface area contributed by atoms with Crippen molar-refractivity contribution in [3.05, 3.63) is 23.4 Å². The smallest absolute Gasteiger partial charge is 0.254 e. The number of amides is 1. The van der Waals surface area contributed by atoms with Crippen LogP contribution in [0.1, 0.15) is 62.5 Å². The Balaban J connectivity index is 2.24. The van der Waals surface area contributed by atoms with E-state index in [9.17, 15) is 4.79 Å². The fourth-order valence-corrected chi connectivity index (χ4v) is 2.61. The Morgan fingerprint density at radius 2 is 2.05 bits per heavy atom. The third kappa shape index (κ3) is 4.19. The summed E-state index contributed by atoms with van der Waals surface area (Å²) < 4.78 is 0. The van der Waals surface area contributed by atoms with Crippen LogP contribution in [0.15, 0.2) is 12.1 Å². The SMILES string of the molecule is CCCc1cc(C(=O)N(CCC)C2CC2)cc(NCC)n1. The van der Waals surface area contributed by atoms with E-state index in [-0.39, 0.29) is 5.91 Å². The van der Waals surface area contributed by atoms with Gasteiger partial charge in [-0.15, -0.1) is 0 Å². The molecule has 2 rings (SSSR count). The summed E-state index contributed by atoms with van der Waals surface area (Å²) in [6, 6.07) is 4.33. The number of aromatic nitrogens is 1. The Kier molecular flexibility index (Phi) is 5.59. The molecule has 0 bridgehead atoms. The zero-order valence-electron chi connectivity index (χ0n) is 13.5. The van der Waals surface area contributed by atoms with Crippen molar-refractivity contribution in [3.63, 3.8) is 0 Å². The number of hydrogen-bond acceptors (Lipinski definition) is 3. The Labute approximate surface area is 127 Å². The molecule has 1 aliphatic carbocycles. The normalized spacial score (nSPS) is 14.0. The van der Waals surface area contributed by atoms with E-state index in [0.29, 0.717) is 6.04 Å². The van der Waals surface area contributed by atoms with Gasteiger partial charge in [-0.3, -0.25) is 4.79 Å². The molecule has 1 saturated carbocycles. The minimum atomic E-state index is 0.165. The predicted octanol–water partition coefficient (Wildman–Crippen LogP) is 3.48. The van der Waals surface area contributed by atoms with Gasteiger partial charge in [-0.1, -0.05) is 20.3 Å². The Hall–Kier alpha value is -1.58. The van der Waals surface area contributed by atoms with Gasteiger partial charge in [0.05, 0.1) is 0 Å². The summed E-state index contributed by atoms with van der Waals surface area (Å²) in [4.78, 5) is 19.4. The highest BCUT2D eigenvalue weighted by molar-refractivity contribution is 5.95. The zero-order valence-corrected chi connectivity index (χ0v) is 13.5. The van der Waals surface area contributed by atoms with E-state index < -0.39 is 0 Å². The molecule has 1 aromatic heterocycles. The Bertz CT molecular complexity index is 459. The standard InChI is InChI=1S/C17H27N3O/c1-4-7-14-11-13(12-16(19-14)18-6-3)17(21)20(10-5-2)15-8-9-15/h11-12,15H,4-10H2,1-3H3,(H,18,19). The number of anilines is 1. The largest absolute Gasteiger partial charge is 0.370 e. The zero-order chi connectivity index (χ0) is 15.2. The van der Waals surface area contributed by atoms with Crippen LogP contribution < -0.4 is 5.32 Å². The number of pyridine rings is 1. The van der Waals surface area contributed by atoms with Gasteiger partial charge in [0.25, 0.3) is 5.91 Å². The van der Waals surface area contributed by atoms with Crippen molar-refractivity contribution >= 4 is 11.7 Å². The lowest BCUT2D eigenvalue weighted by molar-refractivity contribution is 0.0743. The van der Waals surface area contributed by atoms with Crippen molar-refractivity contribution in [1.29, 1.82) is 0 Å². The van der Waals surface area contributed by atoms with Crippen LogP contribution in [-0.2, 0) is 6.42 Å². The van der Waals surface area contributed by atoms with Crippen LogP contribution in [0.3, 0.4) is 0 Å². The van der Waals surface area contributed by atoms with Crippen LogP contribution in [0.25, 0.3) is 0 Å². The molecule has 0 aromatic carbocycles. The highest BCUT2D eigenvalue weighted by atomic mass is 16.2.